The van der Waals surface area contributed by atoms with Gasteiger partial charge in [-0.2, -0.15) is 0 Å². The number of aromatic nitrogens is 4. The highest BCUT2D eigenvalue weighted by Crippen LogP contribution is 2.30. The normalized spacial score (nSPS) is 21.8. The summed E-state index contributed by atoms with van der Waals surface area (Å²) in [6.45, 7) is 2.04. The van der Waals surface area contributed by atoms with Gasteiger partial charge in [0, 0.05) is 42.1 Å². The molecule has 3 amide bonds. The van der Waals surface area contributed by atoms with Crippen molar-refractivity contribution in [2.45, 2.75) is 75.5 Å². The minimum atomic E-state index is -0.341. The molecule has 2 aliphatic carbocycles. The summed E-state index contributed by atoms with van der Waals surface area (Å²) in [5.74, 6) is 0.336. The minimum absolute atomic E-state index is 0.0566. The average Bonchev–Trinajstić information content (AvgIpc) is 3.66. The van der Waals surface area contributed by atoms with Gasteiger partial charge in [-0.1, -0.05) is 11.6 Å². The number of hydrogen-bond acceptors (Lipinski definition) is 8. The van der Waals surface area contributed by atoms with Crippen LogP contribution < -0.4 is 26.6 Å². The van der Waals surface area contributed by atoms with Crippen LogP contribution in [0.1, 0.15) is 61.9 Å². The van der Waals surface area contributed by atoms with Crippen LogP contribution >= 0.6 is 11.6 Å². The van der Waals surface area contributed by atoms with Gasteiger partial charge in [-0.3, -0.25) is 4.79 Å². The molecule has 0 radical (unpaired) electrons. The van der Waals surface area contributed by atoms with Gasteiger partial charge in [-0.05, 0) is 83.6 Å². The SMILES string of the molecule is CN1CCC(NC(=O)NC2CCC(Nc3cc(NC4CC4)c4ncc(C(=O)Nc5ccnc(Cl)c5)n4n3)CC2)CC1. The van der Waals surface area contributed by atoms with Crippen molar-refractivity contribution in [3.05, 3.63) is 41.4 Å². The van der Waals surface area contributed by atoms with E-state index in [9.17, 15) is 9.59 Å². The van der Waals surface area contributed by atoms with Crippen molar-refractivity contribution in [3.8, 4) is 0 Å². The first-order chi connectivity index (χ1) is 19.9. The summed E-state index contributed by atoms with van der Waals surface area (Å²) in [5, 5.41) is 21.3. The fourth-order valence-electron chi connectivity index (χ4n) is 5.58. The number of halogens is 1. The summed E-state index contributed by atoms with van der Waals surface area (Å²) < 4.78 is 1.59. The highest BCUT2D eigenvalue weighted by molar-refractivity contribution is 6.29. The summed E-state index contributed by atoms with van der Waals surface area (Å²) in [4.78, 5) is 36.5. The highest BCUT2D eigenvalue weighted by atomic mass is 35.5. The standard InChI is InChI=1S/C28H37ClN10O2/c1-38-12-9-20(10-13-38)36-28(41)35-19-6-4-18(5-7-19)33-25-15-22(32-17-2-3-17)26-31-16-23(39(26)37-25)27(40)34-21-8-11-30-24(29)14-21/h8,11,14-20,32H,2-7,9-10,12-13H2,1H3,(H,33,37)(H,30,34,40)(H2,35,36,41). The maximum atomic E-state index is 13.2. The van der Waals surface area contributed by atoms with Crippen LogP contribution in [-0.4, -0.2) is 80.7 Å². The first kappa shape index (κ1) is 27.5. The maximum absolute atomic E-state index is 13.2. The van der Waals surface area contributed by atoms with Gasteiger partial charge in [0.15, 0.2) is 11.3 Å². The Morgan fingerprint density at radius 2 is 1.54 bits per heavy atom. The molecule has 3 fully saturated rings. The molecule has 3 aliphatic rings. The van der Waals surface area contributed by atoms with E-state index < -0.39 is 0 Å². The molecule has 13 heteroatoms. The third-order valence-electron chi connectivity index (χ3n) is 8.09. The molecule has 5 N–H and O–H groups in total. The quantitative estimate of drug-likeness (QED) is 0.254. The number of carbonyl (C=O) groups is 2. The predicted octanol–water partition coefficient (Wildman–Crippen LogP) is 3.72. The number of carbonyl (C=O) groups excluding carboxylic acids is 2. The summed E-state index contributed by atoms with van der Waals surface area (Å²) in [6.07, 6.45) is 10.9. The number of anilines is 3. The molecule has 4 heterocycles. The lowest BCUT2D eigenvalue weighted by atomic mass is 9.91. The summed E-state index contributed by atoms with van der Waals surface area (Å²) in [5.41, 5.74) is 2.31. The van der Waals surface area contributed by atoms with Gasteiger partial charge < -0.3 is 31.5 Å². The van der Waals surface area contributed by atoms with Gasteiger partial charge in [0.25, 0.3) is 5.91 Å². The molecule has 3 aromatic rings. The zero-order valence-corrected chi connectivity index (χ0v) is 24.0. The van der Waals surface area contributed by atoms with Crippen LogP contribution in [0.25, 0.3) is 5.65 Å². The molecular weight excluding hydrogens is 544 g/mol. The zero-order valence-electron chi connectivity index (χ0n) is 23.2. The Balaban J connectivity index is 1.09. The van der Waals surface area contributed by atoms with Crippen molar-refractivity contribution in [1.29, 1.82) is 0 Å². The van der Waals surface area contributed by atoms with Crippen LogP contribution in [0.3, 0.4) is 0 Å². The zero-order chi connectivity index (χ0) is 28.3. The second kappa shape index (κ2) is 12.1. The number of rotatable bonds is 8. The Hall–Kier alpha value is -3.64. The average molecular weight is 581 g/mol. The summed E-state index contributed by atoms with van der Waals surface area (Å²) in [7, 11) is 2.12. The molecule has 0 bridgehead atoms. The van der Waals surface area contributed by atoms with Crippen LogP contribution in [-0.2, 0) is 0 Å². The van der Waals surface area contributed by atoms with Crippen LogP contribution in [0.4, 0.5) is 22.0 Å². The van der Waals surface area contributed by atoms with Crippen molar-refractivity contribution in [3.63, 3.8) is 0 Å². The van der Waals surface area contributed by atoms with Crippen molar-refractivity contribution in [2.75, 3.05) is 36.1 Å². The van der Waals surface area contributed by atoms with E-state index in [1.165, 1.54) is 12.4 Å². The fourth-order valence-corrected chi connectivity index (χ4v) is 5.75. The van der Waals surface area contributed by atoms with E-state index in [1.54, 1.807) is 16.6 Å². The lowest BCUT2D eigenvalue weighted by Crippen LogP contribution is -2.50. The fraction of sp³-hybridized carbons (Fsp3) is 0.536. The number of urea groups is 1. The molecule has 218 valence electrons. The van der Waals surface area contributed by atoms with E-state index in [4.69, 9.17) is 16.7 Å². The van der Waals surface area contributed by atoms with E-state index in [0.29, 0.717) is 34.0 Å². The maximum Gasteiger partial charge on any atom is 0.315 e. The van der Waals surface area contributed by atoms with E-state index in [1.807, 2.05) is 6.07 Å². The largest absolute Gasteiger partial charge is 0.379 e. The van der Waals surface area contributed by atoms with Crippen LogP contribution in [0.2, 0.25) is 5.15 Å². The lowest BCUT2D eigenvalue weighted by Gasteiger charge is -2.32. The molecule has 0 unspecified atom stereocenters. The van der Waals surface area contributed by atoms with E-state index in [-0.39, 0.29) is 30.1 Å². The number of likely N-dealkylation sites (tertiary alicyclic amines) is 1. The molecule has 1 saturated heterocycles. The first-order valence-corrected chi connectivity index (χ1v) is 14.9. The molecule has 0 atom stereocenters. The first-order valence-electron chi connectivity index (χ1n) is 14.5. The molecule has 6 rings (SSSR count). The Morgan fingerprint density at radius 1 is 0.878 bits per heavy atom. The summed E-state index contributed by atoms with van der Waals surface area (Å²) in [6, 6.07) is 6.22. The predicted molar refractivity (Wildman–Crippen MR) is 159 cm³/mol. The van der Waals surface area contributed by atoms with Gasteiger partial charge in [-0.25, -0.2) is 19.3 Å². The smallest absolute Gasteiger partial charge is 0.315 e. The van der Waals surface area contributed by atoms with Gasteiger partial charge in [-0.15, -0.1) is 5.10 Å². The van der Waals surface area contributed by atoms with Gasteiger partial charge >= 0.3 is 6.03 Å². The molecule has 12 nitrogen and oxygen atoms in total. The Morgan fingerprint density at radius 3 is 2.24 bits per heavy atom. The van der Waals surface area contributed by atoms with E-state index in [2.05, 4.69) is 48.5 Å². The Bertz CT molecular complexity index is 1390. The molecule has 1 aliphatic heterocycles. The van der Waals surface area contributed by atoms with Gasteiger partial charge in [0.05, 0.1) is 11.9 Å². The van der Waals surface area contributed by atoms with Gasteiger partial charge in [0.1, 0.15) is 11.0 Å². The molecule has 0 spiro atoms. The van der Waals surface area contributed by atoms with Crippen molar-refractivity contribution in [2.24, 2.45) is 0 Å². The number of imidazole rings is 1. The molecule has 2 saturated carbocycles. The second-order valence-corrected chi connectivity index (χ2v) is 11.8. The third-order valence-corrected chi connectivity index (χ3v) is 8.30. The molecular formula is C28H37ClN10O2. The Labute approximate surface area is 244 Å². The van der Waals surface area contributed by atoms with Crippen molar-refractivity contribution < 1.29 is 9.59 Å². The van der Waals surface area contributed by atoms with Crippen LogP contribution in [0, 0.1) is 0 Å². The van der Waals surface area contributed by atoms with Gasteiger partial charge in [0.2, 0.25) is 0 Å². The number of pyridine rings is 1. The van der Waals surface area contributed by atoms with Crippen LogP contribution in [0.5, 0.6) is 0 Å². The molecule has 3 aromatic heterocycles. The van der Waals surface area contributed by atoms with E-state index in [0.717, 1.165) is 70.1 Å². The summed E-state index contributed by atoms with van der Waals surface area (Å²) >= 11 is 5.98. The monoisotopic (exact) mass is 580 g/mol. The number of piperidine rings is 1. The number of hydrogen-bond donors (Lipinski definition) is 5. The molecule has 41 heavy (non-hydrogen) atoms. The minimum Gasteiger partial charge on any atom is -0.379 e. The van der Waals surface area contributed by atoms with E-state index >= 15 is 0 Å². The molecule has 0 aromatic carbocycles. The number of fused-ring (bicyclic) bond motifs is 1. The topological polar surface area (TPSA) is 141 Å². The number of amides is 3. The highest BCUT2D eigenvalue weighted by Gasteiger charge is 2.27. The van der Waals surface area contributed by atoms with Crippen LogP contribution in [0.15, 0.2) is 30.6 Å². The lowest BCUT2D eigenvalue weighted by molar-refractivity contribution is 0.102. The number of nitrogens with zero attached hydrogens (tertiary/aromatic N) is 5. The Kier molecular flexibility index (Phi) is 8.11. The van der Waals surface area contributed by atoms with Crippen molar-refractivity contribution in [1.82, 2.24) is 35.1 Å². The third kappa shape index (κ3) is 6.99. The second-order valence-electron chi connectivity index (χ2n) is 11.5. The number of nitrogens with one attached hydrogen (secondary N) is 5. The van der Waals surface area contributed by atoms with Crippen molar-refractivity contribution >= 4 is 46.4 Å².